The van der Waals surface area contributed by atoms with Gasteiger partial charge in [-0.15, -0.1) is 0 Å². The Kier molecular flexibility index (Phi) is 5.79. The molecule has 0 fully saturated rings. The highest BCUT2D eigenvalue weighted by Crippen LogP contribution is 2.11. The Labute approximate surface area is 119 Å². The van der Waals surface area contributed by atoms with E-state index in [2.05, 4.69) is 27.4 Å². The van der Waals surface area contributed by atoms with E-state index in [-0.39, 0.29) is 0 Å². The third-order valence-corrected chi connectivity index (χ3v) is 2.74. The van der Waals surface area contributed by atoms with Crippen molar-refractivity contribution in [2.24, 2.45) is 0 Å². The van der Waals surface area contributed by atoms with Gasteiger partial charge in [0.1, 0.15) is 18.8 Å². The van der Waals surface area contributed by atoms with Crippen molar-refractivity contribution in [3.63, 3.8) is 0 Å². The molecule has 0 saturated carbocycles. The predicted molar refractivity (Wildman–Crippen MR) is 78.0 cm³/mol. The molecular weight excluding hydrogens is 254 g/mol. The topological polar surface area (TPSA) is 56.3 Å². The molecule has 0 saturated heterocycles. The minimum atomic E-state index is 0.483. The van der Waals surface area contributed by atoms with E-state index in [0.29, 0.717) is 19.1 Å². The van der Waals surface area contributed by atoms with Gasteiger partial charge in [-0.05, 0) is 12.0 Å². The van der Waals surface area contributed by atoms with Crippen LogP contribution in [0.25, 0.3) is 0 Å². The molecule has 0 bridgehead atoms. The summed E-state index contributed by atoms with van der Waals surface area (Å²) >= 11 is 0. The molecule has 1 aromatic carbocycles. The summed E-state index contributed by atoms with van der Waals surface area (Å²) in [6.07, 6.45) is 2.44. The van der Waals surface area contributed by atoms with Crippen LogP contribution in [0.1, 0.15) is 5.56 Å². The zero-order valence-corrected chi connectivity index (χ0v) is 11.6. The molecule has 1 heterocycles. The molecule has 1 aromatic heterocycles. The Morgan fingerprint density at radius 1 is 1.10 bits per heavy atom. The minimum Gasteiger partial charge on any atom is -0.475 e. The summed E-state index contributed by atoms with van der Waals surface area (Å²) in [5, 5.41) is 3.26. The molecule has 5 nitrogen and oxygen atoms in total. The van der Waals surface area contributed by atoms with Crippen molar-refractivity contribution >= 4 is 5.82 Å². The molecule has 5 heteroatoms. The number of nitrogens with one attached hydrogen (secondary N) is 1. The van der Waals surface area contributed by atoms with Crippen LogP contribution >= 0.6 is 0 Å². The largest absolute Gasteiger partial charge is 0.475 e. The maximum absolute atomic E-state index is 5.44. The van der Waals surface area contributed by atoms with Crippen molar-refractivity contribution < 1.29 is 9.47 Å². The van der Waals surface area contributed by atoms with Crippen LogP contribution in [0, 0.1) is 0 Å². The molecule has 0 amide bonds. The molecule has 0 aliphatic heterocycles. The number of methoxy groups -OCH3 is 1. The Balaban J connectivity index is 1.79. The molecule has 2 aromatic rings. The zero-order valence-electron chi connectivity index (χ0n) is 11.6. The first kappa shape index (κ1) is 14.3. The number of ether oxygens (including phenoxy) is 2. The van der Waals surface area contributed by atoms with E-state index in [4.69, 9.17) is 9.47 Å². The van der Waals surface area contributed by atoms with E-state index in [9.17, 15) is 0 Å². The average molecular weight is 273 g/mol. The van der Waals surface area contributed by atoms with Gasteiger partial charge in [0.25, 0.3) is 0 Å². The highest BCUT2D eigenvalue weighted by atomic mass is 16.5. The SMILES string of the molecule is COCCOc1cc(NCCc2ccccc2)ncn1. The Hall–Kier alpha value is -2.14. The van der Waals surface area contributed by atoms with E-state index in [1.165, 1.54) is 11.9 Å². The smallest absolute Gasteiger partial charge is 0.218 e. The summed E-state index contributed by atoms with van der Waals surface area (Å²) in [6, 6.07) is 12.1. The number of anilines is 1. The van der Waals surface area contributed by atoms with Gasteiger partial charge in [0, 0.05) is 19.7 Å². The molecule has 0 aliphatic carbocycles. The molecule has 2 rings (SSSR count). The number of hydrogen-bond donors (Lipinski definition) is 1. The fourth-order valence-corrected chi connectivity index (χ4v) is 1.72. The lowest BCUT2D eigenvalue weighted by molar-refractivity contribution is 0.143. The van der Waals surface area contributed by atoms with Gasteiger partial charge in [0.05, 0.1) is 6.61 Å². The summed E-state index contributed by atoms with van der Waals surface area (Å²) in [5.41, 5.74) is 1.30. The van der Waals surface area contributed by atoms with E-state index in [1.54, 1.807) is 13.2 Å². The summed E-state index contributed by atoms with van der Waals surface area (Å²) in [4.78, 5) is 8.21. The normalized spacial score (nSPS) is 10.2. The first-order valence-corrected chi connectivity index (χ1v) is 6.60. The third-order valence-electron chi connectivity index (χ3n) is 2.74. The monoisotopic (exact) mass is 273 g/mol. The lowest BCUT2D eigenvalue weighted by Gasteiger charge is -2.08. The maximum Gasteiger partial charge on any atom is 0.218 e. The minimum absolute atomic E-state index is 0.483. The van der Waals surface area contributed by atoms with Gasteiger partial charge in [-0.25, -0.2) is 9.97 Å². The second-order valence-corrected chi connectivity index (χ2v) is 4.25. The number of rotatable bonds is 8. The van der Waals surface area contributed by atoms with E-state index < -0.39 is 0 Å². The van der Waals surface area contributed by atoms with Crippen molar-refractivity contribution in [3.05, 3.63) is 48.3 Å². The van der Waals surface area contributed by atoms with Crippen LogP contribution in [0.5, 0.6) is 5.88 Å². The molecule has 106 valence electrons. The van der Waals surface area contributed by atoms with Crippen LogP contribution in [0.3, 0.4) is 0 Å². The lowest BCUT2D eigenvalue weighted by atomic mass is 10.1. The Morgan fingerprint density at radius 2 is 1.95 bits per heavy atom. The van der Waals surface area contributed by atoms with Crippen molar-refractivity contribution in [2.45, 2.75) is 6.42 Å². The van der Waals surface area contributed by atoms with E-state index in [1.807, 2.05) is 18.2 Å². The maximum atomic E-state index is 5.44. The van der Waals surface area contributed by atoms with Gasteiger partial charge < -0.3 is 14.8 Å². The van der Waals surface area contributed by atoms with Crippen LogP contribution in [0.2, 0.25) is 0 Å². The van der Waals surface area contributed by atoms with Crippen LogP contribution in [-0.2, 0) is 11.2 Å². The van der Waals surface area contributed by atoms with Gasteiger partial charge in [0.2, 0.25) is 5.88 Å². The number of aromatic nitrogens is 2. The Bertz CT molecular complexity index is 505. The quantitative estimate of drug-likeness (QED) is 0.747. The first-order chi connectivity index (χ1) is 9.88. The van der Waals surface area contributed by atoms with E-state index >= 15 is 0 Å². The molecule has 0 atom stereocenters. The van der Waals surface area contributed by atoms with Crippen LogP contribution in [0.4, 0.5) is 5.82 Å². The lowest BCUT2D eigenvalue weighted by Crippen LogP contribution is -2.08. The van der Waals surface area contributed by atoms with Gasteiger partial charge in [-0.2, -0.15) is 0 Å². The summed E-state index contributed by atoms with van der Waals surface area (Å²) in [7, 11) is 1.64. The highest BCUT2D eigenvalue weighted by Gasteiger charge is 1.99. The molecule has 0 aliphatic rings. The average Bonchev–Trinajstić information content (AvgIpc) is 2.49. The molecule has 0 spiro atoms. The molecule has 0 unspecified atom stereocenters. The second kappa shape index (κ2) is 8.12. The summed E-state index contributed by atoms with van der Waals surface area (Å²) in [5.74, 6) is 1.32. The van der Waals surface area contributed by atoms with Crippen LogP contribution in [0.15, 0.2) is 42.7 Å². The first-order valence-electron chi connectivity index (χ1n) is 6.60. The molecular formula is C15H19N3O2. The molecule has 1 N–H and O–H groups in total. The van der Waals surface area contributed by atoms with Crippen molar-refractivity contribution in [2.75, 3.05) is 32.2 Å². The van der Waals surface area contributed by atoms with E-state index in [0.717, 1.165) is 18.8 Å². The molecule has 0 radical (unpaired) electrons. The summed E-state index contributed by atoms with van der Waals surface area (Å²) < 4.78 is 10.4. The predicted octanol–water partition coefficient (Wildman–Crippen LogP) is 2.16. The van der Waals surface area contributed by atoms with Gasteiger partial charge >= 0.3 is 0 Å². The third kappa shape index (κ3) is 4.85. The van der Waals surface area contributed by atoms with Crippen molar-refractivity contribution in [1.29, 1.82) is 0 Å². The van der Waals surface area contributed by atoms with Gasteiger partial charge in [-0.1, -0.05) is 30.3 Å². The van der Waals surface area contributed by atoms with Crippen molar-refractivity contribution in [3.8, 4) is 5.88 Å². The van der Waals surface area contributed by atoms with Gasteiger partial charge in [-0.3, -0.25) is 0 Å². The van der Waals surface area contributed by atoms with Crippen LogP contribution in [-0.4, -0.2) is 36.8 Å². The van der Waals surface area contributed by atoms with Gasteiger partial charge in [0.15, 0.2) is 0 Å². The second-order valence-electron chi connectivity index (χ2n) is 4.25. The number of benzene rings is 1. The fraction of sp³-hybridized carbons (Fsp3) is 0.333. The fourth-order valence-electron chi connectivity index (χ4n) is 1.72. The van der Waals surface area contributed by atoms with Crippen molar-refractivity contribution in [1.82, 2.24) is 9.97 Å². The highest BCUT2D eigenvalue weighted by molar-refractivity contribution is 5.37. The Morgan fingerprint density at radius 3 is 2.75 bits per heavy atom. The van der Waals surface area contributed by atoms with Crippen LogP contribution < -0.4 is 10.1 Å². The standard InChI is InChI=1S/C15H19N3O2/c1-19-9-10-20-15-11-14(17-12-18-15)16-8-7-13-5-3-2-4-6-13/h2-6,11-12H,7-10H2,1H3,(H,16,17,18). The number of hydrogen-bond acceptors (Lipinski definition) is 5. The zero-order chi connectivity index (χ0) is 14.0. The number of nitrogens with zero attached hydrogens (tertiary/aromatic N) is 2. The summed E-state index contributed by atoms with van der Waals surface area (Å²) in [6.45, 7) is 1.84. The molecule has 20 heavy (non-hydrogen) atoms.